The summed E-state index contributed by atoms with van der Waals surface area (Å²) < 4.78 is 10.7. The molecule has 0 bridgehead atoms. The van der Waals surface area contributed by atoms with Crippen LogP contribution in [0.3, 0.4) is 0 Å². The van der Waals surface area contributed by atoms with E-state index in [2.05, 4.69) is 12.2 Å². The molecule has 102 valence electrons. The summed E-state index contributed by atoms with van der Waals surface area (Å²) in [6, 6.07) is 9.92. The van der Waals surface area contributed by atoms with Gasteiger partial charge in [-0.05, 0) is 41.5 Å². The zero-order valence-corrected chi connectivity index (χ0v) is 12.7. The van der Waals surface area contributed by atoms with Gasteiger partial charge in [0.05, 0.1) is 14.2 Å². The lowest BCUT2D eigenvalue weighted by Gasteiger charge is -2.12. The first-order valence-corrected chi connectivity index (χ1v) is 7.32. The summed E-state index contributed by atoms with van der Waals surface area (Å²) in [5, 5.41) is 0.745. The maximum Gasteiger partial charge on any atom is 0.161 e. The molecule has 0 aromatic heterocycles. The summed E-state index contributed by atoms with van der Waals surface area (Å²) in [6.45, 7) is 0. The van der Waals surface area contributed by atoms with Crippen LogP contribution < -0.4 is 9.47 Å². The molecule has 1 heterocycles. The van der Waals surface area contributed by atoms with Crippen LogP contribution >= 0.6 is 23.4 Å². The molecule has 0 unspecified atom stereocenters. The average Bonchev–Trinajstić information content (AvgIpc) is 2.64. The largest absolute Gasteiger partial charge is 0.493 e. The molecule has 0 aliphatic carbocycles. The SMILES string of the molecule is COc1cc2c(cc1OC)Sc1ccc(Cl)cc1C=C2. The molecule has 0 atom stereocenters. The summed E-state index contributed by atoms with van der Waals surface area (Å²) in [6.07, 6.45) is 4.15. The Morgan fingerprint density at radius 2 is 1.50 bits per heavy atom. The molecule has 2 aromatic carbocycles. The number of rotatable bonds is 2. The van der Waals surface area contributed by atoms with Crippen LogP contribution in [0, 0.1) is 0 Å². The number of hydrogen-bond acceptors (Lipinski definition) is 3. The molecule has 3 rings (SSSR count). The zero-order valence-electron chi connectivity index (χ0n) is 11.1. The Morgan fingerprint density at radius 1 is 0.850 bits per heavy atom. The van der Waals surface area contributed by atoms with Gasteiger partial charge in [-0.1, -0.05) is 35.5 Å². The smallest absolute Gasteiger partial charge is 0.161 e. The van der Waals surface area contributed by atoms with Crippen molar-refractivity contribution in [1.82, 2.24) is 0 Å². The third-order valence-electron chi connectivity index (χ3n) is 3.15. The second-order valence-electron chi connectivity index (χ2n) is 4.36. The molecule has 0 radical (unpaired) electrons. The monoisotopic (exact) mass is 304 g/mol. The standard InChI is InChI=1S/C16H13ClO2S/c1-18-13-8-11-4-3-10-7-12(17)5-6-15(10)20-16(11)9-14(13)19-2/h3-9H,1-2H3. The van der Waals surface area contributed by atoms with Gasteiger partial charge in [-0.3, -0.25) is 0 Å². The molecule has 2 nitrogen and oxygen atoms in total. The number of fused-ring (bicyclic) bond motifs is 2. The van der Waals surface area contributed by atoms with Crippen LogP contribution in [0.2, 0.25) is 5.02 Å². The van der Waals surface area contributed by atoms with Gasteiger partial charge in [0.25, 0.3) is 0 Å². The third-order valence-corrected chi connectivity index (χ3v) is 4.55. The van der Waals surface area contributed by atoms with Crippen molar-refractivity contribution in [3.8, 4) is 11.5 Å². The molecule has 1 aliphatic rings. The van der Waals surface area contributed by atoms with E-state index in [1.54, 1.807) is 26.0 Å². The number of halogens is 1. The highest BCUT2D eigenvalue weighted by Crippen LogP contribution is 2.42. The van der Waals surface area contributed by atoms with E-state index in [-0.39, 0.29) is 0 Å². The fraction of sp³-hybridized carbons (Fsp3) is 0.125. The maximum atomic E-state index is 6.05. The Balaban J connectivity index is 2.13. The molecule has 0 amide bonds. The second kappa shape index (κ2) is 5.43. The van der Waals surface area contributed by atoms with E-state index in [0.717, 1.165) is 32.5 Å². The fourth-order valence-electron chi connectivity index (χ4n) is 2.14. The zero-order chi connectivity index (χ0) is 14.1. The minimum atomic E-state index is 0.737. The predicted molar refractivity (Wildman–Crippen MR) is 84.0 cm³/mol. The Labute approximate surface area is 127 Å². The van der Waals surface area contributed by atoms with Gasteiger partial charge in [-0.15, -0.1) is 0 Å². The number of benzene rings is 2. The van der Waals surface area contributed by atoms with E-state index in [1.165, 1.54) is 4.90 Å². The molecule has 0 fully saturated rings. The lowest BCUT2D eigenvalue weighted by Crippen LogP contribution is -1.92. The van der Waals surface area contributed by atoms with E-state index in [1.807, 2.05) is 30.3 Å². The molecule has 0 saturated carbocycles. The van der Waals surface area contributed by atoms with Crippen molar-refractivity contribution in [1.29, 1.82) is 0 Å². The average molecular weight is 305 g/mol. The summed E-state index contributed by atoms with van der Waals surface area (Å²) in [5.74, 6) is 1.48. The molecule has 4 heteroatoms. The predicted octanol–water partition coefficient (Wildman–Crippen LogP) is 4.99. The summed E-state index contributed by atoms with van der Waals surface area (Å²) >= 11 is 7.76. The molecule has 0 saturated heterocycles. The first kappa shape index (κ1) is 13.4. The Kier molecular flexibility index (Phi) is 3.64. The van der Waals surface area contributed by atoms with Gasteiger partial charge >= 0.3 is 0 Å². The van der Waals surface area contributed by atoms with Crippen LogP contribution in [0.4, 0.5) is 0 Å². The quantitative estimate of drug-likeness (QED) is 0.664. The Bertz CT molecular complexity index is 695. The van der Waals surface area contributed by atoms with Gasteiger partial charge in [-0.25, -0.2) is 0 Å². The topological polar surface area (TPSA) is 18.5 Å². The molecule has 1 aliphatic heterocycles. The van der Waals surface area contributed by atoms with Crippen molar-refractivity contribution in [3.05, 3.63) is 46.5 Å². The second-order valence-corrected chi connectivity index (χ2v) is 5.88. The minimum absolute atomic E-state index is 0.737. The number of hydrogen-bond donors (Lipinski definition) is 0. The van der Waals surface area contributed by atoms with Crippen LogP contribution in [0.5, 0.6) is 11.5 Å². The van der Waals surface area contributed by atoms with Crippen molar-refractivity contribution in [2.75, 3.05) is 14.2 Å². The van der Waals surface area contributed by atoms with Gasteiger partial charge in [0.2, 0.25) is 0 Å². The van der Waals surface area contributed by atoms with Gasteiger partial charge in [-0.2, -0.15) is 0 Å². The highest BCUT2D eigenvalue weighted by atomic mass is 35.5. The van der Waals surface area contributed by atoms with E-state index < -0.39 is 0 Å². The van der Waals surface area contributed by atoms with Gasteiger partial charge in [0.1, 0.15) is 0 Å². The first-order chi connectivity index (χ1) is 9.71. The molecule has 0 N–H and O–H groups in total. The first-order valence-electron chi connectivity index (χ1n) is 6.13. The van der Waals surface area contributed by atoms with Crippen molar-refractivity contribution < 1.29 is 9.47 Å². The molecule has 2 aromatic rings. The third kappa shape index (κ3) is 2.39. The maximum absolute atomic E-state index is 6.05. The molecule has 20 heavy (non-hydrogen) atoms. The van der Waals surface area contributed by atoms with Crippen LogP contribution in [0.15, 0.2) is 40.1 Å². The highest BCUT2D eigenvalue weighted by molar-refractivity contribution is 7.99. The highest BCUT2D eigenvalue weighted by Gasteiger charge is 2.14. The lowest BCUT2D eigenvalue weighted by molar-refractivity contribution is 0.354. The van der Waals surface area contributed by atoms with Gasteiger partial charge in [0, 0.05) is 14.8 Å². The number of methoxy groups -OCH3 is 2. The molecule has 0 spiro atoms. The number of ether oxygens (including phenoxy) is 2. The van der Waals surface area contributed by atoms with Crippen LogP contribution in [-0.4, -0.2) is 14.2 Å². The van der Waals surface area contributed by atoms with Crippen LogP contribution in [0.1, 0.15) is 11.1 Å². The normalized spacial score (nSPS) is 12.3. The van der Waals surface area contributed by atoms with Crippen molar-refractivity contribution in [2.24, 2.45) is 0 Å². The summed E-state index contributed by atoms with van der Waals surface area (Å²) in [7, 11) is 3.29. The van der Waals surface area contributed by atoms with Crippen LogP contribution in [0.25, 0.3) is 12.2 Å². The summed E-state index contributed by atoms with van der Waals surface area (Å²) in [4.78, 5) is 2.32. The van der Waals surface area contributed by atoms with Gasteiger partial charge < -0.3 is 9.47 Å². The van der Waals surface area contributed by atoms with Crippen molar-refractivity contribution in [2.45, 2.75) is 9.79 Å². The fourth-order valence-corrected chi connectivity index (χ4v) is 3.34. The molecular formula is C16H13ClO2S. The molecular weight excluding hydrogens is 292 g/mol. The lowest BCUT2D eigenvalue weighted by atomic mass is 10.1. The summed E-state index contributed by atoms with van der Waals surface area (Å²) in [5.41, 5.74) is 2.23. The Hall–Kier alpha value is -1.58. The van der Waals surface area contributed by atoms with Gasteiger partial charge in [0.15, 0.2) is 11.5 Å². The minimum Gasteiger partial charge on any atom is -0.493 e. The van der Waals surface area contributed by atoms with Crippen LogP contribution in [-0.2, 0) is 0 Å². The van der Waals surface area contributed by atoms with Crippen molar-refractivity contribution in [3.63, 3.8) is 0 Å². The van der Waals surface area contributed by atoms with E-state index in [4.69, 9.17) is 21.1 Å². The van der Waals surface area contributed by atoms with E-state index in [0.29, 0.717) is 0 Å². The van der Waals surface area contributed by atoms with E-state index >= 15 is 0 Å². The van der Waals surface area contributed by atoms with Crippen molar-refractivity contribution >= 4 is 35.5 Å². The Morgan fingerprint density at radius 3 is 2.20 bits per heavy atom. The van der Waals surface area contributed by atoms with E-state index in [9.17, 15) is 0 Å².